The summed E-state index contributed by atoms with van der Waals surface area (Å²) in [6.07, 6.45) is 1.25. The van der Waals surface area contributed by atoms with Gasteiger partial charge in [0, 0.05) is 31.0 Å². The van der Waals surface area contributed by atoms with Crippen molar-refractivity contribution in [2.75, 3.05) is 11.4 Å². The molecule has 0 N–H and O–H groups in total. The first-order valence-electron chi connectivity index (χ1n) is 10.1. The molecule has 0 aliphatic rings. The van der Waals surface area contributed by atoms with E-state index >= 15 is 0 Å². The molecule has 2 heterocycles. The van der Waals surface area contributed by atoms with E-state index in [-0.39, 0.29) is 5.56 Å². The molecule has 2 aromatic heterocycles. The Morgan fingerprint density at radius 3 is 2.72 bits per heavy atom. The number of halogens is 3. The molecule has 0 unspecified atom stereocenters. The number of rotatable bonds is 6. The van der Waals surface area contributed by atoms with Crippen LogP contribution in [0, 0.1) is 13.8 Å². The number of thiazole rings is 1. The van der Waals surface area contributed by atoms with Gasteiger partial charge in [0.15, 0.2) is 5.13 Å². The van der Waals surface area contributed by atoms with Gasteiger partial charge in [-0.1, -0.05) is 23.5 Å². The monoisotopic (exact) mass is 458 g/mol. The summed E-state index contributed by atoms with van der Waals surface area (Å²) in [4.78, 5) is 23.5. The van der Waals surface area contributed by atoms with Crippen molar-refractivity contribution in [1.82, 2.24) is 14.5 Å². The SMILES string of the molecule is Cc1ccc2sc(N(CCCn3ccnc3)C(=O)c3cccc(C(F)(F)F)c3)nc2c1C. The number of hydrogen-bond acceptors (Lipinski definition) is 4. The van der Waals surface area contributed by atoms with Gasteiger partial charge in [0.2, 0.25) is 0 Å². The lowest BCUT2D eigenvalue weighted by Gasteiger charge is -2.20. The van der Waals surface area contributed by atoms with Crippen molar-refractivity contribution < 1.29 is 18.0 Å². The lowest BCUT2D eigenvalue weighted by Crippen LogP contribution is -2.32. The second-order valence-corrected chi connectivity index (χ2v) is 8.55. The Bertz CT molecular complexity index is 1250. The molecule has 0 fully saturated rings. The van der Waals surface area contributed by atoms with Gasteiger partial charge in [-0.2, -0.15) is 13.2 Å². The van der Waals surface area contributed by atoms with E-state index in [1.165, 1.54) is 28.4 Å². The van der Waals surface area contributed by atoms with Crippen LogP contribution >= 0.6 is 11.3 Å². The third-order valence-corrected chi connectivity index (χ3v) is 6.39. The molecule has 0 aliphatic heterocycles. The van der Waals surface area contributed by atoms with E-state index < -0.39 is 17.6 Å². The molecule has 0 bridgehead atoms. The lowest BCUT2D eigenvalue weighted by atomic mass is 10.1. The summed E-state index contributed by atoms with van der Waals surface area (Å²) in [6, 6.07) is 8.47. The molecule has 4 rings (SSSR count). The van der Waals surface area contributed by atoms with Gasteiger partial charge in [0.05, 0.1) is 22.1 Å². The van der Waals surface area contributed by atoms with Gasteiger partial charge in [-0.25, -0.2) is 9.97 Å². The molecule has 4 aromatic rings. The van der Waals surface area contributed by atoms with Crippen LogP contribution in [0.25, 0.3) is 10.2 Å². The number of nitrogens with zero attached hydrogens (tertiary/aromatic N) is 4. The Balaban J connectivity index is 1.69. The Kier molecular flexibility index (Phi) is 6.01. The number of amides is 1. The van der Waals surface area contributed by atoms with Crippen molar-refractivity contribution in [2.45, 2.75) is 33.0 Å². The van der Waals surface area contributed by atoms with Crippen molar-refractivity contribution in [2.24, 2.45) is 0 Å². The lowest BCUT2D eigenvalue weighted by molar-refractivity contribution is -0.137. The van der Waals surface area contributed by atoms with Gasteiger partial charge in [0.1, 0.15) is 0 Å². The van der Waals surface area contributed by atoms with Crippen molar-refractivity contribution in [3.63, 3.8) is 0 Å². The van der Waals surface area contributed by atoms with Crippen LogP contribution in [0.1, 0.15) is 33.5 Å². The van der Waals surface area contributed by atoms with Crippen LogP contribution in [-0.2, 0) is 12.7 Å². The predicted molar refractivity (Wildman–Crippen MR) is 119 cm³/mol. The second-order valence-electron chi connectivity index (χ2n) is 7.54. The molecule has 2 aromatic carbocycles. The zero-order valence-corrected chi connectivity index (χ0v) is 18.4. The van der Waals surface area contributed by atoms with E-state index in [2.05, 4.69) is 9.97 Å². The number of carbonyl (C=O) groups excluding carboxylic acids is 1. The number of carbonyl (C=O) groups is 1. The second kappa shape index (κ2) is 8.74. The third-order valence-electron chi connectivity index (χ3n) is 5.34. The molecular weight excluding hydrogens is 437 g/mol. The summed E-state index contributed by atoms with van der Waals surface area (Å²) in [7, 11) is 0. The molecular formula is C23H21F3N4OS. The van der Waals surface area contributed by atoms with Crippen molar-refractivity contribution in [1.29, 1.82) is 0 Å². The highest BCUT2D eigenvalue weighted by Crippen LogP contribution is 2.34. The molecule has 166 valence electrons. The molecule has 0 spiro atoms. The molecule has 1 amide bonds. The first kappa shape index (κ1) is 22.0. The van der Waals surface area contributed by atoms with Gasteiger partial charge in [-0.05, 0) is 55.7 Å². The molecule has 0 saturated heterocycles. The number of imidazole rings is 1. The van der Waals surface area contributed by atoms with Gasteiger partial charge in [-0.15, -0.1) is 0 Å². The van der Waals surface area contributed by atoms with Gasteiger partial charge in [-0.3, -0.25) is 9.69 Å². The van der Waals surface area contributed by atoms with Gasteiger partial charge < -0.3 is 4.57 Å². The maximum Gasteiger partial charge on any atom is 0.416 e. The molecule has 0 radical (unpaired) electrons. The van der Waals surface area contributed by atoms with Gasteiger partial charge >= 0.3 is 6.18 Å². The summed E-state index contributed by atoms with van der Waals surface area (Å²) in [5.74, 6) is -0.504. The van der Waals surface area contributed by atoms with Crippen LogP contribution < -0.4 is 4.90 Å². The molecule has 9 heteroatoms. The Morgan fingerprint density at radius 2 is 2.00 bits per heavy atom. The first-order valence-corrected chi connectivity index (χ1v) is 10.9. The summed E-state index contributed by atoms with van der Waals surface area (Å²) >= 11 is 1.36. The van der Waals surface area contributed by atoms with Crippen molar-refractivity contribution >= 4 is 32.6 Å². The number of hydrogen-bond donors (Lipinski definition) is 0. The normalized spacial score (nSPS) is 11.8. The highest BCUT2D eigenvalue weighted by Gasteiger charge is 2.31. The molecule has 0 atom stereocenters. The zero-order chi connectivity index (χ0) is 22.9. The summed E-state index contributed by atoms with van der Waals surface area (Å²) in [6.45, 7) is 4.89. The maximum atomic E-state index is 13.4. The highest BCUT2D eigenvalue weighted by molar-refractivity contribution is 7.22. The maximum absolute atomic E-state index is 13.4. The van der Waals surface area contributed by atoms with Crippen LogP contribution in [0.2, 0.25) is 0 Å². The van der Waals surface area contributed by atoms with Crippen LogP contribution in [0.3, 0.4) is 0 Å². The predicted octanol–water partition coefficient (Wildman–Crippen LogP) is 5.87. The first-order chi connectivity index (χ1) is 15.2. The molecule has 5 nitrogen and oxygen atoms in total. The quantitative estimate of drug-likeness (QED) is 0.363. The zero-order valence-electron chi connectivity index (χ0n) is 17.6. The smallest absolute Gasteiger partial charge is 0.337 e. The number of alkyl halides is 3. The summed E-state index contributed by atoms with van der Waals surface area (Å²) < 4.78 is 42.4. The van der Waals surface area contributed by atoms with Crippen LogP contribution in [0.15, 0.2) is 55.1 Å². The molecule has 32 heavy (non-hydrogen) atoms. The van der Waals surface area contributed by atoms with Crippen LogP contribution in [0.5, 0.6) is 0 Å². The van der Waals surface area contributed by atoms with Crippen molar-refractivity contribution in [3.8, 4) is 0 Å². The number of aromatic nitrogens is 3. The minimum Gasteiger partial charge on any atom is -0.337 e. The van der Waals surface area contributed by atoms with Crippen molar-refractivity contribution in [3.05, 3.63) is 77.4 Å². The summed E-state index contributed by atoms with van der Waals surface area (Å²) in [5, 5.41) is 0.474. The average Bonchev–Trinajstić information content (AvgIpc) is 3.43. The van der Waals surface area contributed by atoms with E-state index in [0.717, 1.165) is 33.5 Å². The number of fused-ring (bicyclic) bond motifs is 1. The Labute approximate surface area is 187 Å². The van der Waals surface area contributed by atoms with Gasteiger partial charge in [0.25, 0.3) is 5.91 Å². The Morgan fingerprint density at radius 1 is 1.19 bits per heavy atom. The minimum atomic E-state index is -4.52. The fraction of sp³-hybridized carbons (Fsp3) is 0.261. The molecule has 0 aliphatic carbocycles. The number of benzene rings is 2. The largest absolute Gasteiger partial charge is 0.416 e. The number of anilines is 1. The van der Waals surface area contributed by atoms with Crippen LogP contribution in [0.4, 0.5) is 18.3 Å². The van der Waals surface area contributed by atoms with E-state index in [9.17, 15) is 18.0 Å². The van der Waals surface area contributed by atoms with E-state index in [1.807, 2.05) is 36.7 Å². The highest BCUT2D eigenvalue weighted by atomic mass is 32.1. The van der Waals surface area contributed by atoms with E-state index in [0.29, 0.717) is 24.6 Å². The number of aryl methyl sites for hydroxylation is 3. The third kappa shape index (κ3) is 4.52. The standard InChI is InChI=1S/C23H21F3N4OS/c1-15-7-8-19-20(16(15)2)28-22(32-19)30(11-4-10-29-12-9-27-14-29)21(31)17-5-3-6-18(13-17)23(24,25)26/h3,5-9,12-14H,4,10-11H2,1-2H3. The Hall–Kier alpha value is -3.20. The van der Waals surface area contributed by atoms with E-state index in [1.54, 1.807) is 12.5 Å². The fourth-order valence-corrected chi connectivity index (χ4v) is 4.48. The fourth-order valence-electron chi connectivity index (χ4n) is 3.43. The summed E-state index contributed by atoms with van der Waals surface area (Å²) in [5.41, 5.74) is 2.05. The van der Waals surface area contributed by atoms with Crippen LogP contribution in [-0.4, -0.2) is 27.0 Å². The topological polar surface area (TPSA) is 51.0 Å². The molecule has 0 saturated carbocycles. The minimum absolute atomic E-state index is 0.0189. The average molecular weight is 459 g/mol. The van der Waals surface area contributed by atoms with E-state index in [4.69, 9.17) is 0 Å².